The van der Waals surface area contributed by atoms with Gasteiger partial charge in [-0.1, -0.05) is 36.7 Å². The van der Waals surface area contributed by atoms with E-state index < -0.39 is 0 Å². The number of hydrogen-bond acceptors (Lipinski definition) is 5. The van der Waals surface area contributed by atoms with Crippen LogP contribution in [0.4, 0.5) is 0 Å². The number of benzene rings is 4. The van der Waals surface area contributed by atoms with Crippen LogP contribution in [0.2, 0.25) is 0 Å². The van der Waals surface area contributed by atoms with Gasteiger partial charge in [0.2, 0.25) is 0 Å². The summed E-state index contributed by atoms with van der Waals surface area (Å²) in [5.74, 6) is 2.07. The van der Waals surface area contributed by atoms with Crippen molar-refractivity contribution < 1.29 is 25.8 Å². The number of aryl methyl sites for hydroxylation is 2. The third-order valence-electron chi connectivity index (χ3n) is 7.43. The van der Waals surface area contributed by atoms with Gasteiger partial charge in [-0.05, 0) is 66.4 Å². The van der Waals surface area contributed by atoms with E-state index in [2.05, 4.69) is 115 Å². The van der Waals surface area contributed by atoms with Gasteiger partial charge in [0.15, 0.2) is 0 Å². The fourth-order valence-electron chi connectivity index (χ4n) is 5.49. The average molecular weight is 792 g/mol. The van der Waals surface area contributed by atoms with Crippen molar-refractivity contribution >= 4 is 45.3 Å². The number of pyridine rings is 1. The largest absolute Gasteiger partial charge is 2.00 e. The molecule has 3 heterocycles. The smallest absolute Gasteiger partial charge is 0.509 e. The number of fused-ring (bicyclic) bond motifs is 3. The number of ether oxygens (including phenoxy) is 1. The molecule has 0 fully saturated rings. The summed E-state index contributed by atoms with van der Waals surface area (Å²) < 4.78 is 10.4. The zero-order valence-corrected chi connectivity index (χ0v) is 28.5. The summed E-state index contributed by atoms with van der Waals surface area (Å²) in [6, 6.07) is 34.0. The summed E-state index contributed by atoms with van der Waals surface area (Å²) in [6.45, 7) is 4.13. The minimum Gasteiger partial charge on any atom is -0.509 e. The second-order valence-corrected chi connectivity index (χ2v) is 12.0. The quantitative estimate of drug-likeness (QED) is 0.119. The van der Waals surface area contributed by atoms with Crippen LogP contribution >= 0.6 is 23.5 Å². The van der Waals surface area contributed by atoms with E-state index in [9.17, 15) is 0 Å². The molecule has 0 aliphatic carbocycles. The molecular formula is C36H28N4OPtS2. The number of thioether (sulfide) groups is 2. The molecule has 0 unspecified atom stereocenters. The van der Waals surface area contributed by atoms with Crippen LogP contribution in [0.1, 0.15) is 11.1 Å². The van der Waals surface area contributed by atoms with E-state index in [1.807, 2.05) is 35.3 Å². The molecule has 7 rings (SSSR count). The number of para-hydroxylation sites is 1. The SMILES string of the molecule is CSc1cccc(SC)c1-c1cnn(-c2[c-]c(Oc3[c-]c4c(cc3)c3ccccc3n4-c3cc(C)ccn3)cc(C)c2)c1.[Pt+2]. The van der Waals surface area contributed by atoms with E-state index in [0.717, 1.165) is 50.0 Å². The predicted molar refractivity (Wildman–Crippen MR) is 178 cm³/mol. The Bertz CT molecular complexity index is 2110. The summed E-state index contributed by atoms with van der Waals surface area (Å²) in [7, 11) is 0. The van der Waals surface area contributed by atoms with Crippen LogP contribution in [-0.4, -0.2) is 31.8 Å². The Labute approximate surface area is 279 Å². The zero-order valence-electron chi connectivity index (χ0n) is 24.6. The Morgan fingerprint density at radius 1 is 0.773 bits per heavy atom. The van der Waals surface area contributed by atoms with Gasteiger partial charge in [-0.2, -0.15) is 16.7 Å². The van der Waals surface area contributed by atoms with Gasteiger partial charge in [0.25, 0.3) is 0 Å². The molecule has 4 aromatic carbocycles. The van der Waals surface area contributed by atoms with Crippen LogP contribution in [0, 0.1) is 26.0 Å². The van der Waals surface area contributed by atoms with Crippen LogP contribution in [0.15, 0.2) is 107 Å². The van der Waals surface area contributed by atoms with Crippen LogP contribution in [0.5, 0.6) is 11.5 Å². The summed E-state index contributed by atoms with van der Waals surface area (Å²) in [4.78, 5) is 7.14. The number of aromatic nitrogens is 4. The Morgan fingerprint density at radius 3 is 2.34 bits per heavy atom. The monoisotopic (exact) mass is 791 g/mol. The Kier molecular flexibility index (Phi) is 8.72. The maximum Gasteiger partial charge on any atom is 2.00 e. The van der Waals surface area contributed by atoms with E-state index in [0.29, 0.717) is 11.5 Å². The molecule has 220 valence electrons. The van der Waals surface area contributed by atoms with Gasteiger partial charge >= 0.3 is 21.1 Å². The molecular weight excluding hydrogens is 764 g/mol. The fraction of sp³-hybridized carbons (Fsp3) is 0.111. The van der Waals surface area contributed by atoms with E-state index in [-0.39, 0.29) is 21.1 Å². The molecule has 0 aliphatic heterocycles. The molecule has 3 aromatic heterocycles. The van der Waals surface area contributed by atoms with Gasteiger partial charge in [-0.3, -0.25) is 4.68 Å². The van der Waals surface area contributed by atoms with E-state index >= 15 is 0 Å². The first kappa shape index (κ1) is 30.3. The summed E-state index contributed by atoms with van der Waals surface area (Å²) >= 11 is 3.49. The molecule has 0 saturated carbocycles. The van der Waals surface area contributed by atoms with Crippen LogP contribution < -0.4 is 4.74 Å². The molecule has 0 spiro atoms. The standard InChI is InChI=1S/C36H28N4OS2.Pt/c1-23-14-15-37-35(18-23)40-31-9-6-5-8-29(31)30-13-12-27(20-32(30)40)41-28-17-24(2)16-26(19-28)39-22-25(21-38-39)36-33(42-3)10-7-11-34(36)43-4;/h5-18,21-22H,1-4H3;/q-2;+2. The van der Waals surface area contributed by atoms with Crippen molar-refractivity contribution in [2.75, 3.05) is 12.5 Å². The Balaban J connectivity index is 0.00000343. The van der Waals surface area contributed by atoms with E-state index in [1.165, 1.54) is 15.4 Å². The normalized spacial score (nSPS) is 11.2. The molecule has 0 saturated heterocycles. The van der Waals surface area contributed by atoms with Crippen LogP contribution in [0.25, 0.3) is 44.4 Å². The Morgan fingerprint density at radius 2 is 1.57 bits per heavy atom. The second-order valence-electron chi connectivity index (χ2n) is 10.3. The van der Waals surface area contributed by atoms with E-state index in [4.69, 9.17) is 9.84 Å². The minimum absolute atomic E-state index is 0. The third-order valence-corrected chi connectivity index (χ3v) is 8.99. The van der Waals surface area contributed by atoms with Crippen molar-refractivity contribution in [3.05, 3.63) is 121 Å². The number of nitrogens with zero attached hydrogens (tertiary/aromatic N) is 4. The predicted octanol–water partition coefficient (Wildman–Crippen LogP) is 9.48. The topological polar surface area (TPSA) is 44.9 Å². The molecule has 0 radical (unpaired) electrons. The van der Waals surface area contributed by atoms with Gasteiger partial charge in [0.1, 0.15) is 5.82 Å². The fourth-order valence-corrected chi connectivity index (χ4v) is 6.85. The average Bonchev–Trinajstić information content (AvgIpc) is 3.63. The summed E-state index contributed by atoms with van der Waals surface area (Å²) in [6.07, 6.45) is 10.0. The molecule has 7 aromatic rings. The van der Waals surface area contributed by atoms with Gasteiger partial charge in [-0.15, -0.1) is 59.2 Å². The van der Waals surface area contributed by atoms with Crippen molar-refractivity contribution in [3.8, 4) is 34.1 Å². The first-order valence-corrected chi connectivity index (χ1v) is 16.3. The molecule has 8 heteroatoms. The van der Waals surface area contributed by atoms with Gasteiger partial charge < -0.3 is 9.30 Å². The molecule has 0 N–H and O–H groups in total. The Hall–Kier alpha value is -3.77. The molecule has 0 atom stereocenters. The van der Waals surface area contributed by atoms with Crippen molar-refractivity contribution in [3.63, 3.8) is 0 Å². The maximum atomic E-state index is 6.41. The first-order valence-electron chi connectivity index (χ1n) is 13.9. The molecule has 0 aliphatic rings. The van der Waals surface area contributed by atoms with E-state index in [1.54, 1.807) is 23.5 Å². The first-order chi connectivity index (χ1) is 21.0. The molecule has 0 bridgehead atoms. The third kappa shape index (κ3) is 5.60. The molecule has 44 heavy (non-hydrogen) atoms. The van der Waals surface area contributed by atoms with Crippen molar-refractivity contribution in [1.29, 1.82) is 0 Å². The number of hydrogen-bond donors (Lipinski definition) is 0. The maximum absolute atomic E-state index is 6.41. The van der Waals surface area contributed by atoms with Crippen molar-refractivity contribution in [2.24, 2.45) is 0 Å². The zero-order chi connectivity index (χ0) is 29.5. The molecule has 5 nitrogen and oxygen atoms in total. The van der Waals surface area contributed by atoms with Gasteiger partial charge in [-0.25, -0.2) is 4.98 Å². The number of rotatable bonds is 7. The van der Waals surface area contributed by atoms with Gasteiger partial charge in [0.05, 0.1) is 6.20 Å². The van der Waals surface area contributed by atoms with Crippen LogP contribution in [-0.2, 0) is 21.1 Å². The molecule has 0 amide bonds. The minimum atomic E-state index is 0. The summed E-state index contributed by atoms with van der Waals surface area (Å²) in [5.41, 5.74) is 7.28. The van der Waals surface area contributed by atoms with Crippen molar-refractivity contribution in [1.82, 2.24) is 19.3 Å². The second kappa shape index (κ2) is 12.7. The summed E-state index contributed by atoms with van der Waals surface area (Å²) in [5, 5.41) is 6.96. The van der Waals surface area contributed by atoms with Crippen molar-refractivity contribution in [2.45, 2.75) is 23.6 Å². The van der Waals surface area contributed by atoms with Gasteiger partial charge in [0, 0.05) is 50.3 Å². The van der Waals surface area contributed by atoms with Crippen LogP contribution in [0.3, 0.4) is 0 Å².